The van der Waals surface area contributed by atoms with Gasteiger partial charge in [0.05, 0.1) is 23.5 Å². The molecule has 1 aromatic carbocycles. The Morgan fingerprint density at radius 3 is 2.50 bits per heavy atom. The van der Waals surface area contributed by atoms with Gasteiger partial charge in [-0.25, -0.2) is 12.7 Å². The van der Waals surface area contributed by atoms with Crippen molar-refractivity contribution in [3.63, 3.8) is 0 Å². The highest BCUT2D eigenvalue weighted by Crippen LogP contribution is 2.46. The maximum Gasteiger partial charge on any atom is 0.263 e. The third-order valence-electron chi connectivity index (χ3n) is 5.02. The molecule has 5 nitrogen and oxygen atoms in total. The van der Waals surface area contributed by atoms with Gasteiger partial charge in [0, 0.05) is 7.11 Å². The van der Waals surface area contributed by atoms with Crippen LogP contribution in [0.1, 0.15) is 25.8 Å². The van der Waals surface area contributed by atoms with Crippen molar-refractivity contribution in [1.29, 1.82) is 0 Å². The Balaban J connectivity index is 2.02. The van der Waals surface area contributed by atoms with E-state index in [-0.39, 0.29) is 35.3 Å². The number of amides is 1. The number of nitrogens with zero attached hydrogens (tertiary/aromatic N) is 1. The van der Waals surface area contributed by atoms with Crippen LogP contribution in [0.15, 0.2) is 41.3 Å². The summed E-state index contributed by atoms with van der Waals surface area (Å²) in [6.07, 6.45) is 2.03. The van der Waals surface area contributed by atoms with Crippen LogP contribution in [0.2, 0.25) is 0 Å². The second-order valence-electron chi connectivity index (χ2n) is 6.80. The molecule has 3 unspecified atom stereocenters. The van der Waals surface area contributed by atoms with E-state index >= 15 is 0 Å². The summed E-state index contributed by atoms with van der Waals surface area (Å²) >= 11 is 0. The zero-order chi connectivity index (χ0) is 17.5. The molecule has 1 saturated heterocycles. The van der Waals surface area contributed by atoms with Gasteiger partial charge < -0.3 is 4.74 Å². The summed E-state index contributed by atoms with van der Waals surface area (Å²) in [5.74, 6) is -0.714. The van der Waals surface area contributed by atoms with E-state index in [2.05, 4.69) is 0 Å². The standard InChI is InChI=1S/C18H23NO4S/c1-12(2)15-9-14(23-3)10-16-17(15)18(20)19(24(16,21)22)11-13-7-5-4-6-8-13/h4-8,10,12,14-15,17H,9,11H2,1-3H3. The number of carbonyl (C=O) groups excluding carboxylic acids is 1. The predicted octanol–water partition coefficient (Wildman–Crippen LogP) is 2.55. The average molecular weight is 349 g/mol. The van der Waals surface area contributed by atoms with Crippen molar-refractivity contribution >= 4 is 15.9 Å². The molecule has 6 heteroatoms. The molecule has 0 spiro atoms. The topological polar surface area (TPSA) is 63.7 Å². The Hall–Kier alpha value is -1.66. The van der Waals surface area contributed by atoms with Gasteiger partial charge in [-0.05, 0) is 29.9 Å². The van der Waals surface area contributed by atoms with Crippen LogP contribution in [0, 0.1) is 17.8 Å². The molecule has 130 valence electrons. The minimum atomic E-state index is -3.78. The molecule has 1 aliphatic carbocycles. The fourth-order valence-electron chi connectivity index (χ4n) is 3.66. The Morgan fingerprint density at radius 2 is 1.92 bits per heavy atom. The van der Waals surface area contributed by atoms with Gasteiger partial charge in [-0.3, -0.25) is 4.79 Å². The van der Waals surface area contributed by atoms with E-state index in [0.717, 1.165) is 9.87 Å². The molecule has 3 rings (SSSR count). The number of carbonyl (C=O) groups is 1. The van der Waals surface area contributed by atoms with E-state index in [4.69, 9.17) is 4.74 Å². The molecule has 3 atom stereocenters. The first-order valence-electron chi connectivity index (χ1n) is 8.21. The van der Waals surface area contributed by atoms with Gasteiger partial charge in [0.25, 0.3) is 10.0 Å². The van der Waals surface area contributed by atoms with Gasteiger partial charge in [-0.15, -0.1) is 0 Å². The van der Waals surface area contributed by atoms with E-state index in [1.54, 1.807) is 13.2 Å². The summed E-state index contributed by atoms with van der Waals surface area (Å²) in [5, 5.41) is 0. The molecule has 1 amide bonds. The lowest BCUT2D eigenvalue weighted by Gasteiger charge is -2.32. The molecule has 1 aromatic rings. The van der Waals surface area contributed by atoms with Crippen LogP contribution < -0.4 is 0 Å². The lowest BCUT2D eigenvalue weighted by molar-refractivity contribution is -0.131. The number of methoxy groups -OCH3 is 1. The molecule has 24 heavy (non-hydrogen) atoms. The molecule has 0 bridgehead atoms. The highest BCUT2D eigenvalue weighted by atomic mass is 32.2. The Morgan fingerprint density at radius 1 is 1.25 bits per heavy atom. The number of hydrogen-bond acceptors (Lipinski definition) is 4. The van der Waals surface area contributed by atoms with Crippen LogP contribution in [0.3, 0.4) is 0 Å². The third kappa shape index (κ3) is 2.78. The minimum Gasteiger partial charge on any atom is -0.377 e. The van der Waals surface area contributed by atoms with Gasteiger partial charge in [-0.1, -0.05) is 44.2 Å². The van der Waals surface area contributed by atoms with Crippen LogP contribution in [0.5, 0.6) is 0 Å². The third-order valence-corrected chi connectivity index (χ3v) is 6.89. The Bertz CT molecular complexity index is 754. The molecule has 0 N–H and O–H groups in total. The van der Waals surface area contributed by atoms with Crippen molar-refractivity contribution in [2.75, 3.05) is 7.11 Å². The van der Waals surface area contributed by atoms with Crippen LogP contribution in [-0.2, 0) is 26.1 Å². The van der Waals surface area contributed by atoms with Crippen LogP contribution in [0.4, 0.5) is 0 Å². The van der Waals surface area contributed by atoms with Crippen LogP contribution in [-0.4, -0.2) is 31.8 Å². The van der Waals surface area contributed by atoms with E-state index < -0.39 is 15.9 Å². The smallest absolute Gasteiger partial charge is 0.263 e. The molecule has 2 aliphatic rings. The maximum atomic E-state index is 13.0. The summed E-state index contributed by atoms with van der Waals surface area (Å²) in [7, 11) is -2.21. The van der Waals surface area contributed by atoms with E-state index in [1.807, 2.05) is 44.2 Å². The van der Waals surface area contributed by atoms with Gasteiger partial charge >= 0.3 is 0 Å². The summed E-state index contributed by atoms with van der Waals surface area (Å²) in [6.45, 7) is 4.14. The molecule has 0 aromatic heterocycles. The zero-order valence-electron chi connectivity index (χ0n) is 14.2. The van der Waals surface area contributed by atoms with Crippen molar-refractivity contribution in [1.82, 2.24) is 4.31 Å². The molecule has 1 aliphatic heterocycles. The second-order valence-corrected chi connectivity index (χ2v) is 8.66. The number of fused-ring (bicyclic) bond motifs is 1. The Kier molecular flexibility index (Phi) is 4.53. The fraction of sp³-hybridized carbons (Fsp3) is 0.500. The Labute approximate surface area is 143 Å². The number of sulfonamides is 1. The molecular weight excluding hydrogens is 326 g/mol. The van der Waals surface area contributed by atoms with Crippen molar-refractivity contribution < 1.29 is 17.9 Å². The van der Waals surface area contributed by atoms with Crippen molar-refractivity contribution in [2.24, 2.45) is 17.8 Å². The first-order valence-corrected chi connectivity index (χ1v) is 9.65. The number of ether oxygens (including phenoxy) is 1. The second kappa shape index (κ2) is 6.33. The first-order chi connectivity index (χ1) is 11.4. The van der Waals surface area contributed by atoms with Crippen LogP contribution in [0.25, 0.3) is 0 Å². The van der Waals surface area contributed by atoms with Gasteiger partial charge in [0.1, 0.15) is 0 Å². The monoisotopic (exact) mass is 349 g/mol. The average Bonchev–Trinajstić information content (AvgIpc) is 2.76. The van der Waals surface area contributed by atoms with Crippen LogP contribution >= 0.6 is 0 Å². The van der Waals surface area contributed by atoms with Gasteiger partial charge in [0.2, 0.25) is 5.91 Å². The molecule has 0 radical (unpaired) electrons. The summed E-state index contributed by atoms with van der Waals surface area (Å²) in [4.78, 5) is 13.2. The normalized spacial score (nSPS) is 28.8. The summed E-state index contributed by atoms with van der Waals surface area (Å²) < 4.78 is 32.3. The fourth-order valence-corrected chi connectivity index (χ4v) is 5.50. The highest BCUT2D eigenvalue weighted by molar-refractivity contribution is 7.94. The SMILES string of the molecule is COC1C=C2C(C(=O)N(Cc3ccccc3)S2(=O)=O)C(C(C)C)C1. The molecule has 1 heterocycles. The summed E-state index contributed by atoms with van der Waals surface area (Å²) in [6, 6.07) is 9.21. The quantitative estimate of drug-likeness (QED) is 0.838. The maximum absolute atomic E-state index is 13.0. The van der Waals surface area contributed by atoms with Crippen molar-refractivity contribution in [3.05, 3.63) is 46.9 Å². The lowest BCUT2D eigenvalue weighted by Crippen LogP contribution is -2.35. The highest BCUT2D eigenvalue weighted by Gasteiger charge is 2.54. The summed E-state index contributed by atoms with van der Waals surface area (Å²) in [5.41, 5.74) is 0.804. The lowest BCUT2D eigenvalue weighted by atomic mass is 9.75. The number of rotatable bonds is 4. The zero-order valence-corrected chi connectivity index (χ0v) is 15.0. The molecule has 1 fully saturated rings. The number of benzene rings is 1. The predicted molar refractivity (Wildman–Crippen MR) is 91.2 cm³/mol. The van der Waals surface area contributed by atoms with Crippen molar-refractivity contribution in [2.45, 2.75) is 32.9 Å². The molecule has 0 saturated carbocycles. The van der Waals surface area contributed by atoms with E-state index in [9.17, 15) is 13.2 Å². The van der Waals surface area contributed by atoms with E-state index in [1.165, 1.54) is 0 Å². The molecular formula is C18H23NO4S. The van der Waals surface area contributed by atoms with Gasteiger partial charge in [0.15, 0.2) is 0 Å². The number of hydrogen-bond donors (Lipinski definition) is 0. The minimum absolute atomic E-state index is 0.0296. The van der Waals surface area contributed by atoms with E-state index in [0.29, 0.717) is 6.42 Å². The first kappa shape index (κ1) is 17.2. The van der Waals surface area contributed by atoms with Gasteiger partial charge in [-0.2, -0.15) is 0 Å². The van der Waals surface area contributed by atoms with Crippen molar-refractivity contribution in [3.8, 4) is 0 Å². The largest absolute Gasteiger partial charge is 0.377 e.